The van der Waals surface area contributed by atoms with Gasteiger partial charge in [-0.2, -0.15) is 13.2 Å². The number of sulfonamides is 1. The molecule has 3 heterocycles. The first kappa shape index (κ1) is 29.5. The van der Waals surface area contributed by atoms with Crippen LogP contribution < -0.4 is 20.1 Å². The van der Waals surface area contributed by atoms with Gasteiger partial charge in [-0.25, -0.2) is 27.8 Å². The summed E-state index contributed by atoms with van der Waals surface area (Å²) in [6, 6.07) is 10.6. The Kier molecular flexibility index (Phi) is 8.19. The molecule has 9 nitrogen and oxygen atoms in total. The van der Waals surface area contributed by atoms with E-state index in [2.05, 4.69) is 32.5 Å². The number of hydrogen-bond donors (Lipinski definition) is 3. The number of pyridine rings is 1. The molecule has 0 spiro atoms. The highest BCUT2D eigenvalue weighted by Gasteiger charge is 2.36. The molecule has 42 heavy (non-hydrogen) atoms. The Bertz CT molecular complexity index is 1720. The molecule has 0 amide bonds. The normalized spacial score (nSPS) is 17.7. The second-order valence-electron chi connectivity index (χ2n) is 10.3. The molecule has 0 saturated carbocycles. The summed E-state index contributed by atoms with van der Waals surface area (Å²) in [5, 5.41) is 7.02. The number of anilines is 2. The summed E-state index contributed by atoms with van der Waals surface area (Å²) in [4.78, 5) is 13.4. The molecule has 14 heteroatoms. The van der Waals surface area contributed by atoms with Crippen LogP contribution in [0.25, 0.3) is 22.0 Å². The van der Waals surface area contributed by atoms with E-state index in [-0.39, 0.29) is 28.4 Å². The maximum atomic E-state index is 14.8. The minimum absolute atomic E-state index is 0.0164. The number of aryl methyl sites for hydroxylation is 1. The van der Waals surface area contributed by atoms with Crippen LogP contribution in [0.1, 0.15) is 18.9 Å². The predicted molar refractivity (Wildman–Crippen MR) is 152 cm³/mol. The quantitative estimate of drug-likeness (QED) is 0.221. The van der Waals surface area contributed by atoms with Crippen molar-refractivity contribution in [3.05, 3.63) is 66.2 Å². The number of rotatable bonds is 8. The molecule has 0 radical (unpaired) electrons. The van der Waals surface area contributed by atoms with E-state index in [1.807, 2.05) is 0 Å². The van der Waals surface area contributed by atoms with Crippen molar-refractivity contribution in [3.8, 4) is 22.9 Å². The molecule has 2 aromatic heterocycles. The van der Waals surface area contributed by atoms with E-state index in [9.17, 15) is 26.0 Å². The second-order valence-corrected chi connectivity index (χ2v) is 12.0. The molecule has 4 aromatic rings. The van der Waals surface area contributed by atoms with Crippen molar-refractivity contribution in [1.82, 2.24) is 20.3 Å². The summed E-state index contributed by atoms with van der Waals surface area (Å²) in [5.41, 5.74) is 1.04. The standard InChI is InChI=1S/C28H28F4N6O3S/c1-16-12-18(14-33-13-16)36-27-35-11-9-23(37-27)21-4-3-10-34-26(21)41-25-17(2)5-6-19-20(25)7-8-22(29)24(19)38-42(39,40)15-28(30,31)32/h3-11,16,18,33,38H,12-15H2,1-2H3,(H,35,36,37)/t16-,18-/m1/s1. The molecular formula is C28H28F4N6O3S. The molecular weight excluding hydrogens is 576 g/mol. The van der Waals surface area contributed by atoms with Gasteiger partial charge in [0.15, 0.2) is 5.75 Å². The van der Waals surface area contributed by atoms with Gasteiger partial charge >= 0.3 is 6.18 Å². The smallest absolute Gasteiger partial charge is 0.404 e. The van der Waals surface area contributed by atoms with Crippen molar-refractivity contribution < 1.29 is 30.7 Å². The highest BCUT2D eigenvalue weighted by Crippen LogP contribution is 2.40. The van der Waals surface area contributed by atoms with Crippen LogP contribution in [0.2, 0.25) is 0 Å². The maximum Gasteiger partial charge on any atom is 0.404 e. The Morgan fingerprint density at radius 1 is 1.05 bits per heavy atom. The number of aromatic nitrogens is 3. The number of ether oxygens (including phenoxy) is 1. The molecule has 0 aliphatic carbocycles. The lowest BCUT2D eigenvalue weighted by Crippen LogP contribution is -2.42. The first-order chi connectivity index (χ1) is 19.9. The fraction of sp³-hybridized carbons (Fsp3) is 0.321. The minimum atomic E-state index is -5.00. The highest BCUT2D eigenvalue weighted by molar-refractivity contribution is 7.92. The lowest BCUT2D eigenvalue weighted by molar-refractivity contribution is -0.106. The van der Waals surface area contributed by atoms with Crippen LogP contribution in [-0.2, 0) is 10.0 Å². The first-order valence-electron chi connectivity index (χ1n) is 13.1. The third-order valence-electron chi connectivity index (χ3n) is 6.71. The zero-order valence-corrected chi connectivity index (χ0v) is 23.5. The Balaban J connectivity index is 1.49. The SMILES string of the molecule is Cc1ccc2c(NS(=O)(=O)CC(F)(F)F)c(F)ccc2c1Oc1ncccc1-c1ccnc(N[C@H]2CNC[C@H](C)C2)n1. The monoisotopic (exact) mass is 604 g/mol. The van der Waals surface area contributed by atoms with E-state index in [1.165, 1.54) is 18.3 Å². The first-order valence-corrected chi connectivity index (χ1v) is 14.8. The summed E-state index contributed by atoms with van der Waals surface area (Å²) in [6.45, 7) is 5.63. The molecule has 0 unspecified atom stereocenters. The minimum Gasteiger partial charge on any atom is -0.437 e. The van der Waals surface area contributed by atoms with Crippen molar-refractivity contribution >= 4 is 32.4 Å². The average molecular weight is 605 g/mol. The summed E-state index contributed by atoms with van der Waals surface area (Å²) in [5.74, 6) is -1.86. The topological polar surface area (TPSA) is 118 Å². The summed E-state index contributed by atoms with van der Waals surface area (Å²) < 4.78 is 85.5. The predicted octanol–water partition coefficient (Wildman–Crippen LogP) is 5.65. The van der Waals surface area contributed by atoms with Crippen LogP contribution in [0.15, 0.2) is 54.9 Å². The molecule has 3 N–H and O–H groups in total. The van der Waals surface area contributed by atoms with Crippen molar-refractivity contribution in [1.29, 1.82) is 0 Å². The molecule has 222 valence electrons. The molecule has 5 rings (SSSR count). The third kappa shape index (κ3) is 6.87. The zero-order valence-electron chi connectivity index (χ0n) is 22.7. The van der Waals surface area contributed by atoms with Crippen LogP contribution in [0, 0.1) is 18.7 Å². The molecule has 1 fully saturated rings. The van der Waals surface area contributed by atoms with E-state index < -0.39 is 33.5 Å². The summed E-state index contributed by atoms with van der Waals surface area (Å²) >= 11 is 0. The molecule has 2 atom stereocenters. The van der Waals surface area contributed by atoms with Crippen LogP contribution in [0.3, 0.4) is 0 Å². The number of alkyl halides is 3. The zero-order chi connectivity index (χ0) is 30.1. The van der Waals surface area contributed by atoms with Crippen molar-refractivity contribution in [2.24, 2.45) is 5.92 Å². The second kappa shape index (κ2) is 11.7. The Morgan fingerprint density at radius 2 is 1.83 bits per heavy atom. The molecule has 0 bridgehead atoms. The largest absolute Gasteiger partial charge is 0.437 e. The van der Waals surface area contributed by atoms with Gasteiger partial charge in [-0.05, 0) is 61.7 Å². The number of hydrogen-bond acceptors (Lipinski definition) is 8. The lowest BCUT2D eigenvalue weighted by atomic mass is 9.98. The van der Waals surface area contributed by atoms with Crippen LogP contribution in [-0.4, -0.2) is 54.4 Å². The van der Waals surface area contributed by atoms with Gasteiger partial charge in [-0.15, -0.1) is 0 Å². The Labute approximate surface area is 239 Å². The average Bonchev–Trinajstić information content (AvgIpc) is 2.91. The third-order valence-corrected chi connectivity index (χ3v) is 7.94. The van der Waals surface area contributed by atoms with Crippen molar-refractivity contribution in [2.75, 3.05) is 28.9 Å². The maximum absolute atomic E-state index is 14.8. The molecule has 2 aromatic carbocycles. The van der Waals surface area contributed by atoms with E-state index >= 15 is 0 Å². The number of piperidine rings is 1. The number of fused-ring (bicyclic) bond motifs is 1. The Hall–Kier alpha value is -4.04. The van der Waals surface area contributed by atoms with Gasteiger partial charge in [-0.3, -0.25) is 4.72 Å². The van der Waals surface area contributed by atoms with Crippen LogP contribution in [0.4, 0.5) is 29.2 Å². The van der Waals surface area contributed by atoms with E-state index in [4.69, 9.17) is 4.74 Å². The Morgan fingerprint density at radius 3 is 2.60 bits per heavy atom. The van der Waals surface area contributed by atoms with Crippen molar-refractivity contribution in [3.63, 3.8) is 0 Å². The van der Waals surface area contributed by atoms with Crippen LogP contribution in [0.5, 0.6) is 11.6 Å². The van der Waals surface area contributed by atoms with E-state index in [0.29, 0.717) is 28.7 Å². The fourth-order valence-electron chi connectivity index (χ4n) is 4.90. The van der Waals surface area contributed by atoms with Gasteiger partial charge in [0.1, 0.15) is 11.6 Å². The van der Waals surface area contributed by atoms with E-state index in [1.54, 1.807) is 42.1 Å². The van der Waals surface area contributed by atoms with Gasteiger partial charge in [0, 0.05) is 35.8 Å². The molecule has 1 saturated heterocycles. The van der Waals surface area contributed by atoms with Crippen molar-refractivity contribution in [2.45, 2.75) is 32.5 Å². The molecule has 1 aliphatic heterocycles. The lowest BCUT2D eigenvalue weighted by Gasteiger charge is -2.28. The van der Waals surface area contributed by atoms with Gasteiger partial charge in [0.2, 0.25) is 21.9 Å². The van der Waals surface area contributed by atoms with E-state index in [0.717, 1.165) is 25.6 Å². The van der Waals surface area contributed by atoms with Gasteiger partial charge in [-0.1, -0.05) is 19.1 Å². The number of nitrogens with one attached hydrogen (secondary N) is 3. The summed E-state index contributed by atoms with van der Waals surface area (Å²) in [6.07, 6.45) is -0.899. The van der Waals surface area contributed by atoms with Gasteiger partial charge < -0.3 is 15.4 Å². The highest BCUT2D eigenvalue weighted by atomic mass is 32.2. The number of halogens is 4. The van der Waals surface area contributed by atoms with Gasteiger partial charge in [0.05, 0.1) is 16.9 Å². The van der Waals surface area contributed by atoms with Gasteiger partial charge in [0.25, 0.3) is 0 Å². The molecule has 1 aliphatic rings. The summed E-state index contributed by atoms with van der Waals surface area (Å²) in [7, 11) is -4.94. The number of benzene rings is 2. The van der Waals surface area contributed by atoms with Crippen LogP contribution >= 0.6 is 0 Å². The number of nitrogens with zero attached hydrogens (tertiary/aromatic N) is 3. The fourth-order valence-corrected chi connectivity index (χ4v) is 5.92.